The van der Waals surface area contributed by atoms with Crippen molar-refractivity contribution in [3.05, 3.63) is 11.5 Å². The predicted octanol–water partition coefficient (Wildman–Crippen LogP) is 3.35. The summed E-state index contributed by atoms with van der Waals surface area (Å²) in [6, 6.07) is 0.374. The number of anilines is 1. The number of aryl methyl sites for hydroxylation is 1. The average Bonchev–Trinajstić information content (AvgIpc) is 2.84. The van der Waals surface area contributed by atoms with Crippen LogP contribution in [0.2, 0.25) is 0 Å². The van der Waals surface area contributed by atoms with Crippen molar-refractivity contribution in [1.29, 1.82) is 0 Å². The highest BCUT2D eigenvalue weighted by Crippen LogP contribution is 2.37. The van der Waals surface area contributed by atoms with Crippen molar-refractivity contribution in [1.82, 2.24) is 9.55 Å². The van der Waals surface area contributed by atoms with Gasteiger partial charge in [-0.15, -0.1) is 0 Å². The molecule has 1 fully saturated rings. The summed E-state index contributed by atoms with van der Waals surface area (Å²) in [5, 5.41) is 0. The Morgan fingerprint density at radius 1 is 1.33 bits per heavy atom. The molecule has 0 spiro atoms. The van der Waals surface area contributed by atoms with E-state index in [1.54, 1.807) is 0 Å². The monoisotopic (exact) mass is 293 g/mol. The molecule has 0 aromatic carbocycles. The number of imidazole rings is 1. The highest BCUT2D eigenvalue weighted by Gasteiger charge is 2.28. The molecule has 2 rings (SSSR count). The summed E-state index contributed by atoms with van der Waals surface area (Å²) in [6.07, 6.45) is 8.09. The smallest absolute Gasteiger partial charge is 0.360 e. The van der Waals surface area contributed by atoms with Gasteiger partial charge in [-0.3, -0.25) is 0 Å². The number of carbonyl (C=O) groups is 1. The molecule has 1 aliphatic carbocycles. The van der Waals surface area contributed by atoms with Gasteiger partial charge in [0.05, 0.1) is 7.11 Å². The number of methoxy groups -OCH3 is 1. The molecule has 118 valence electrons. The van der Waals surface area contributed by atoms with Crippen LogP contribution in [0.3, 0.4) is 0 Å². The van der Waals surface area contributed by atoms with Gasteiger partial charge in [0.25, 0.3) is 0 Å². The Balaban J connectivity index is 2.20. The summed E-state index contributed by atoms with van der Waals surface area (Å²) in [6.45, 7) is 4.29. The van der Waals surface area contributed by atoms with Gasteiger partial charge in [-0.1, -0.05) is 26.7 Å². The van der Waals surface area contributed by atoms with Gasteiger partial charge in [-0.05, 0) is 31.6 Å². The Morgan fingerprint density at radius 3 is 2.52 bits per heavy atom. The summed E-state index contributed by atoms with van der Waals surface area (Å²) in [7, 11) is 1.36. The van der Waals surface area contributed by atoms with Crippen molar-refractivity contribution in [2.24, 2.45) is 5.92 Å². The highest BCUT2D eigenvalue weighted by atomic mass is 16.5. The zero-order chi connectivity index (χ0) is 15.4. The Labute approximate surface area is 126 Å². The van der Waals surface area contributed by atoms with Crippen LogP contribution in [0, 0.1) is 5.92 Å². The summed E-state index contributed by atoms with van der Waals surface area (Å²) in [5.74, 6) is 1.77. The van der Waals surface area contributed by atoms with Gasteiger partial charge in [0.1, 0.15) is 11.6 Å². The van der Waals surface area contributed by atoms with Crippen molar-refractivity contribution in [3.63, 3.8) is 0 Å². The maximum Gasteiger partial charge on any atom is 0.360 e. The van der Waals surface area contributed by atoms with E-state index < -0.39 is 5.97 Å². The van der Waals surface area contributed by atoms with Gasteiger partial charge < -0.3 is 15.0 Å². The molecule has 0 bridgehead atoms. The van der Waals surface area contributed by atoms with Crippen molar-refractivity contribution in [3.8, 4) is 0 Å². The first-order valence-corrected chi connectivity index (χ1v) is 8.07. The number of esters is 1. The van der Waals surface area contributed by atoms with Crippen LogP contribution in [0.1, 0.15) is 74.7 Å². The van der Waals surface area contributed by atoms with Crippen LogP contribution >= 0.6 is 0 Å². The molecule has 0 amide bonds. The van der Waals surface area contributed by atoms with E-state index in [1.165, 1.54) is 32.8 Å². The maximum atomic E-state index is 11.8. The summed E-state index contributed by atoms with van der Waals surface area (Å²) in [5.41, 5.74) is 6.45. The van der Waals surface area contributed by atoms with Gasteiger partial charge in [-0.2, -0.15) is 0 Å². The second-order valence-electron chi connectivity index (χ2n) is 5.94. The van der Waals surface area contributed by atoms with Gasteiger partial charge in [0, 0.05) is 12.5 Å². The fourth-order valence-electron chi connectivity index (χ4n) is 3.50. The minimum absolute atomic E-state index is 0.269. The van der Waals surface area contributed by atoms with Gasteiger partial charge in [0.15, 0.2) is 5.69 Å². The third kappa shape index (κ3) is 3.22. The van der Waals surface area contributed by atoms with Crippen LogP contribution < -0.4 is 5.73 Å². The molecule has 5 heteroatoms. The van der Waals surface area contributed by atoms with E-state index in [2.05, 4.69) is 16.5 Å². The lowest BCUT2D eigenvalue weighted by molar-refractivity contribution is 0.0595. The fourth-order valence-corrected chi connectivity index (χ4v) is 3.50. The number of hydrogen-bond acceptors (Lipinski definition) is 4. The van der Waals surface area contributed by atoms with E-state index in [4.69, 9.17) is 10.5 Å². The number of carbonyl (C=O) groups excluding carboxylic acids is 1. The van der Waals surface area contributed by atoms with Crippen LogP contribution in [0.25, 0.3) is 0 Å². The quantitative estimate of drug-likeness (QED) is 0.845. The molecule has 5 nitrogen and oxygen atoms in total. The summed E-state index contributed by atoms with van der Waals surface area (Å²) < 4.78 is 6.85. The number of aromatic nitrogens is 2. The zero-order valence-electron chi connectivity index (χ0n) is 13.4. The van der Waals surface area contributed by atoms with E-state index >= 15 is 0 Å². The van der Waals surface area contributed by atoms with Crippen LogP contribution in [-0.2, 0) is 11.2 Å². The topological polar surface area (TPSA) is 70.1 Å². The molecule has 1 aromatic rings. The van der Waals surface area contributed by atoms with Crippen molar-refractivity contribution < 1.29 is 9.53 Å². The zero-order valence-corrected chi connectivity index (χ0v) is 13.4. The Bertz CT molecular complexity index is 488. The minimum atomic E-state index is -0.444. The number of nitrogens with zero attached hydrogens (tertiary/aromatic N) is 2. The Morgan fingerprint density at radius 2 is 2.00 bits per heavy atom. The first kappa shape index (κ1) is 15.9. The molecule has 1 saturated carbocycles. The molecule has 1 heterocycles. The Kier molecular flexibility index (Phi) is 5.26. The van der Waals surface area contributed by atoms with Crippen LogP contribution in [0.4, 0.5) is 5.82 Å². The SMILES string of the molecule is CCCC1CCC(n2c(CC)nc(C(=O)OC)c2N)CC1. The van der Waals surface area contributed by atoms with Crippen LogP contribution in [0.15, 0.2) is 0 Å². The first-order chi connectivity index (χ1) is 10.1. The molecular weight excluding hydrogens is 266 g/mol. The molecule has 0 saturated heterocycles. The molecule has 0 aliphatic heterocycles. The predicted molar refractivity (Wildman–Crippen MR) is 83.3 cm³/mol. The molecule has 21 heavy (non-hydrogen) atoms. The lowest BCUT2D eigenvalue weighted by Gasteiger charge is -2.30. The molecule has 1 aromatic heterocycles. The van der Waals surface area contributed by atoms with Crippen molar-refractivity contribution >= 4 is 11.8 Å². The number of nitrogens with two attached hydrogens (primary N) is 1. The van der Waals surface area contributed by atoms with Gasteiger partial charge in [-0.25, -0.2) is 9.78 Å². The Hall–Kier alpha value is -1.52. The largest absolute Gasteiger partial charge is 0.464 e. The summed E-state index contributed by atoms with van der Waals surface area (Å²) in [4.78, 5) is 16.2. The summed E-state index contributed by atoms with van der Waals surface area (Å²) >= 11 is 0. The maximum absolute atomic E-state index is 11.8. The normalized spacial score (nSPS) is 22.2. The lowest BCUT2D eigenvalue weighted by atomic mass is 9.83. The fraction of sp³-hybridized carbons (Fsp3) is 0.750. The number of nitrogen functional groups attached to an aromatic ring is 1. The third-order valence-electron chi connectivity index (χ3n) is 4.59. The van der Waals surface area contributed by atoms with Gasteiger partial charge >= 0.3 is 5.97 Å². The molecule has 0 atom stereocenters. The standard InChI is InChI=1S/C16H27N3O2/c1-4-6-11-7-9-12(10-8-11)19-13(5-2)18-14(15(19)17)16(20)21-3/h11-12H,4-10,17H2,1-3H3. The van der Waals surface area contributed by atoms with E-state index in [-0.39, 0.29) is 5.69 Å². The van der Waals surface area contributed by atoms with E-state index in [0.717, 1.165) is 31.0 Å². The van der Waals surface area contributed by atoms with E-state index in [9.17, 15) is 4.79 Å². The molecular formula is C16H27N3O2. The number of hydrogen-bond donors (Lipinski definition) is 1. The molecule has 0 radical (unpaired) electrons. The highest BCUT2D eigenvalue weighted by molar-refractivity contribution is 5.92. The van der Waals surface area contributed by atoms with Crippen molar-refractivity contribution in [2.75, 3.05) is 12.8 Å². The lowest BCUT2D eigenvalue weighted by Crippen LogP contribution is -2.21. The molecule has 2 N–H and O–H groups in total. The second-order valence-corrected chi connectivity index (χ2v) is 5.94. The average molecular weight is 293 g/mol. The van der Waals surface area contributed by atoms with Crippen molar-refractivity contribution in [2.45, 2.75) is 64.8 Å². The number of ether oxygens (including phenoxy) is 1. The first-order valence-electron chi connectivity index (χ1n) is 8.07. The van der Waals surface area contributed by atoms with E-state index in [0.29, 0.717) is 11.9 Å². The molecule has 1 aliphatic rings. The third-order valence-corrected chi connectivity index (χ3v) is 4.59. The second kappa shape index (κ2) is 6.96. The molecule has 0 unspecified atom stereocenters. The number of rotatable bonds is 5. The van der Waals surface area contributed by atoms with Gasteiger partial charge in [0.2, 0.25) is 0 Å². The van der Waals surface area contributed by atoms with Crippen LogP contribution in [0.5, 0.6) is 0 Å². The van der Waals surface area contributed by atoms with E-state index in [1.807, 2.05) is 6.92 Å². The van der Waals surface area contributed by atoms with Crippen LogP contribution in [-0.4, -0.2) is 22.6 Å². The minimum Gasteiger partial charge on any atom is -0.464 e.